The van der Waals surface area contributed by atoms with Crippen molar-refractivity contribution in [2.45, 2.75) is 18.8 Å². The molecule has 1 heterocycles. The number of nitro groups is 1. The van der Waals surface area contributed by atoms with Gasteiger partial charge in [0.1, 0.15) is 11.9 Å². The van der Waals surface area contributed by atoms with Crippen LogP contribution in [0.25, 0.3) is 0 Å². The summed E-state index contributed by atoms with van der Waals surface area (Å²) in [4.78, 5) is 10.1. The number of nitrogen functional groups attached to an aromatic ring is 1. The Kier molecular flexibility index (Phi) is 5.72. The van der Waals surface area contributed by atoms with E-state index in [0.29, 0.717) is 11.3 Å². The summed E-state index contributed by atoms with van der Waals surface area (Å²) >= 11 is 0. The smallest absolute Gasteiger partial charge is 0.419 e. The predicted molar refractivity (Wildman–Crippen MR) is 97.0 cm³/mol. The number of nitrogens with two attached hydrogens (primary N) is 1. The fourth-order valence-corrected chi connectivity index (χ4v) is 4.33. The number of hydrogen-bond donors (Lipinski definition) is 1. The van der Waals surface area contributed by atoms with Crippen molar-refractivity contribution in [2.75, 3.05) is 5.73 Å². The molecule has 1 aliphatic heterocycles. The summed E-state index contributed by atoms with van der Waals surface area (Å²) in [5.74, 6) is 0.121. The van der Waals surface area contributed by atoms with Crippen molar-refractivity contribution in [1.29, 1.82) is 0 Å². The first-order chi connectivity index (χ1) is 13.5. The van der Waals surface area contributed by atoms with E-state index < -0.39 is 38.1 Å². The van der Waals surface area contributed by atoms with Gasteiger partial charge in [0.05, 0.1) is 4.92 Å². The molecule has 156 valence electrons. The first kappa shape index (κ1) is 20.9. The Morgan fingerprint density at radius 1 is 0.966 bits per heavy atom. The molecule has 2 aromatic rings. The van der Waals surface area contributed by atoms with Gasteiger partial charge in [-0.05, 0) is 29.8 Å². The zero-order valence-corrected chi connectivity index (χ0v) is 16.0. The normalized spacial score (nSPS) is 23.0. The van der Waals surface area contributed by atoms with Gasteiger partial charge in [-0.15, -0.1) is 3.63 Å². The average molecular weight is 446 g/mol. The van der Waals surface area contributed by atoms with E-state index in [1.165, 1.54) is 48.5 Å². The molecule has 2 atom stereocenters. The van der Waals surface area contributed by atoms with E-state index in [9.17, 15) is 26.9 Å². The quantitative estimate of drug-likeness (QED) is 0.395. The zero-order valence-electron chi connectivity index (χ0n) is 14.4. The largest absolute Gasteiger partial charge is 0.461 e. The number of nitrogens with zero attached hydrogens (tertiary/aromatic N) is 1. The summed E-state index contributed by atoms with van der Waals surface area (Å²) in [7, 11) is -9.97. The summed E-state index contributed by atoms with van der Waals surface area (Å²) < 4.78 is 66.0. The second kappa shape index (κ2) is 7.92. The van der Waals surface area contributed by atoms with Crippen LogP contribution >= 0.6 is 0 Å². The molecular weight excluding hydrogens is 432 g/mol. The van der Waals surface area contributed by atoms with E-state index in [1.54, 1.807) is 0 Å². The van der Waals surface area contributed by atoms with Crippen LogP contribution in [0.5, 0.6) is 5.75 Å². The topological polar surface area (TPSA) is 174 Å². The standard InChI is InChI=1S/C15H14N2O10S2/c16-11-3-7-13(8-4-11)24-15-14(25-28(20,21)27-29(22,23)26-15)9-10-1-5-12(6-2-10)17(18)19/h1-8,14-15H,9,16H2. The molecule has 0 amide bonds. The number of rotatable bonds is 5. The number of nitro benzene ring substituents is 1. The molecule has 2 unspecified atom stereocenters. The zero-order chi connectivity index (χ0) is 21.2. The highest BCUT2D eigenvalue weighted by Crippen LogP contribution is 2.26. The SMILES string of the molecule is Nc1ccc(OC2OS(=O)(=O)OS(=O)(=O)OC2Cc2ccc([N+](=O)[O-])cc2)cc1. The van der Waals surface area contributed by atoms with E-state index in [0.717, 1.165) is 0 Å². The molecule has 3 rings (SSSR count). The molecule has 14 heteroatoms. The molecule has 0 radical (unpaired) electrons. The third-order valence-corrected chi connectivity index (χ3v) is 5.88. The third kappa shape index (κ3) is 5.61. The average Bonchev–Trinajstić information content (AvgIpc) is 2.69. The molecule has 1 saturated heterocycles. The molecule has 29 heavy (non-hydrogen) atoms. The fraction of sp³-hybridized carbons (Fsp3) is 0.200. The molecule has 0 aliphatic carbocycles. The van der Waals surface area contributed by atoms with Crippen molar-refractivity contribution >= 4 is 32.2 Å². The van der Waals surface area contributed by atoms with Gasteiger partial charge in [-0.2, -0.15) is 16.8 Å². The molecule has 2 N–H and O–H groups in total. The highest BCUT2D eigenvalue weighted by atomic mass is 32.3. The second-order valence-electron chi connectivity index (χ2n) is 5.80. The Morgan fingerprint density at radius 3 is 2.14 bits per heavy atom. The lowest BCUT2D eigenvalue weighted by Gasteiger charge is -2.22. The number of anilines is 1. The minimum Gasteiger partial charge on any atom is -0.461 e. The lowest BCUT2D eigenvalue weighted by atomic mass is 10.1. The highest BCUT2D eigenvalue weighted by molar-refractivity contribution is 7.95. The van der Waals surface area contributed by atoms with Crippen molar-refractivity contribution < 1.29 is 38.5 Å². The Morgan fingerprint density at radius 2 is 1.55 bits per heavy atom. The third-order valence-electron chi connectivity index (χ3n) is 3.64. The summed E-state index contributed by atoms with van der Waals surface area (Å²) in [6, 6.07) is 10.9. The molecule has 0 saturated carbocycles. The monoisotopic (exact) mass is 446 g/mol. The first-order valence-electron chi connectivity index (χ1n) is 7.86. The van der Waals surface area contributed by atoms with E-state index in [-0.39, 0.29) is 17.9 Å². The maximum absolute atomic E-state index is 11.8. The predicted octanol–water partition coefficient (Wildman–Crippen LogP) is 1.05. The van der Waals surface area contributed by atoms with Gasteiger partial charge in [-0.25, -0.2) is 8.37 Å². The van der Waals surface area contributed by atoms with E-state index >= 15 is 0 Å². The molecule has 0 bridgehead atoms. The van der Waals surface area contributed by atoms with E-state index in [1.807, 2.05) is 0 Å². The van der Waals surface area contributed by atoms with Gasteiger partial charge in [-0.3, -0.25) is 10.1 Å². The van der Waals surface area contributed by atoms with Gasteiger partial charge in [0, 0.05) is 24.2 Å². The van der Waals surface area contributed by atoms with Gasteiger partial charge >= 0.3 is 20.8 Å². The Labute approximate surface area is 165 Å². The fourth-order valence-electron chi connectivity index (χ4n) is 2.40. The Bertz CT molecular complexity index is 1100. The number of benzene rings is 2. The van der Waals surface area contributed by atoms with Crippen LogP contribution < -0.4 is 10.5 Å². The van der Waals surface area contributed by atoms with Crippen molar-refractivity contribution in [3.05, 3.63) is 64.2 Å². The minimum absolute atomic E-state index is 0.121. The molecule has 1 aliphatic rings. The van der Waals surface area contributed by atoms with Crippen LogP contribution in [0.4, 0.5) is 11.4 Å². The van der Waals surface area contributed by atoms with Crippen molar-refractivity contribution in [2.24, 2.45) is 0 Å². The number of hydrogen-bond acceptors (Lipinski definition) is 11. The van der Waals surface area contributed by atoms with Crippen LogP contribution in [0.3, 0.4) is 0 Å². The summed E-state index contributed by atoms with van der Waals surface area (Å²) in [6.45, 7) is 0. The maximum Gasteiger partial charge on any atom is 0.419 e. The van der Waals surface area contributed by atoms with Gasteiger partial charge in [0.2, 0.25) is 6.29 Å². The summed E-state index contributed by atoms with van der Waals surface area (Å²) in [5, 5.41) is 10.8. The van der Waals surface area contributed by atoms with Gasteiger partial charge in [0.25, 0.3) is 5.69 Å². The molecule has 0 spiro atoms. The Balaban J connectivity index is 1.91. The van der Waals surface area contributed by atoms with Gasteiger partial charge in [0.15, 0.2) is 0 Å². The number of non-ortho nitro benzene ring substituents is 1. The highest BCUT2D eigenvalue weighted by Gasteiger charge is 2.42. The molecular formula is C15H14N2O10S2. The second-order valence-corrected chi connectivity index (χ2v) is 8.36. The molecule has 0 aromatic heterocycles. The lowest BCUT2D eigenvalue weighted by molar-refractivity contribution is -0.384. The molecule has 1 fully saturated rings. The van der Waals surface area contributed by atoms with Crippen LogP contribution in [0.15, 0.2) is 48.5 Å². The van der Waals surface area contributed by atoms with Gasteiger partial charge < -0.3 is 10.5 Å². The van der Waals surface area contributed by atoms with Gasteiger partial charge in [-0.1, -0.05) is 12.1 Å². The maximum atomic E-state index is 11.8. The van der Waals surface area contributed by atoms with Crippen LogP contribution in [0.2, 0.25) is 0 Å². The lowest BCUT2D eigenvalue weighted by Crippen LogP contribution is -2.37. The Hall–Kier alpha value is -2.78. The first-order valence-corrected chi connectivity index (χ1v) is 10.5. The van der Waals surface area contributed by atoms with E-state index in [2.05, 4.69) is 3.63 Å². The van der Waals surface area contributed by atoms with Crippen LogP contribution in [-0.4, -0.2) is 34.2 Å². The minimum atomic E-state index is -5.00. The van der Waals surface area contributed by atoms with Crippen molar-refractivity contribution in [3.63, 3.8) is 0 Å². The van der Waals surface area contributed by atoms with Crippen LogP contribution in [0.1, 0.15) is 5.56 Å². The van der Waals surface area contributed by atoms with Crippen LogP contribution in [0, 0.1) is 10.1 Å². The van der Waals surface area contributed by atoms with Crippen molar-refractivity contribution in [1.82, 2.24) is 0 Å². The molecule has 12 nitrogen and oxygen atoms in total. The van der Waals surface area contributed by atoms with Crippen LogP contribution in [-0.2, 0) is 39.2 Å². The number of ether oxygens (including phenoxy) is 1. The van der Waals surface area contributed by atoms with Crippen molar-refractivity contribution in [3.8, 4) is 5.75 Å². The van der Waals surface area contributed by atoms with E-state index in [4.69, 9.17) is 18.8 Å². The summed E-state index contributed by atoms with van der Waals surface area (Å²) in [6.07, 6.45) is -3.46. The summed E-state index contributed by atoms with van der Waals surface area (Å²) in [5.41, 5.74) is 6.20. The molecule has 2 aromatic carbocycles.